The Bertz CT molecular complexity index is 317. The summed E-state index contributed by atoms with van der Waals surface area (Å²) in [6, 6.07) is -0.0232. The van der Waals surface area contributed by atoms with E-state index in [-0.39, 0.29) is 17.4 Å². The summed E-state index contributed by atoms with van der Waals surface area (Å²) < 4.78 is 0. The Morgan fingerprint density at radius 2 is 2.26 bits per heavy atom. The van der Waals surface area contributed by atoms with Gasteiger partial charge < -0.3 is 15.5 Å². The molecule has 2 N–H and O–H groups in total. The number of likely N-dealkylation sites (tertiary alicyclic amines) is 1. The lowest BCUT2D eigenvalue weighted by Crippen LogP contribution is -2.56. The minimum Gasteiger partial charge on any atom is -0.354 e. The van der Waals surface area contributed by atoms with Crippen LogP contribution in [0.3, 0.4) is 0 Å². The Morgan fingerprint density at radius 1 is 1.47 bits per heavy atom. The van der Waals surface area contributed by atoms with Gasteiger partial charge in [-0.25, -0.2) is 0 Å². The first-order valence-electron chi connectivity index (χ1n) is 7.76. The molecule has 0 radical (unpaired) electrons. The zero-order valence-electron chi connectivity index (χ0n) is 12.7. The fraction of sp³-hybridized carbons (Fsp3) is 0.933. The van der Waals surface area contributed by atoms with Gasteiger partial charge >= 0.3 is 0 Å². The molecule has 2 rings (SSSR count). The number of amides is 1. The molecule has 0 spiro atoms. The van der Waals surface area contributed by atoms with Crippen LogP contribution in [0.5, 0.6) is 0 Å². The largest absolute Gasteiger partial charge is 0.354 e. The summed E-state index contributed by atoms with van der Waals surface area (Å²) in [6.07, 6.45) is 3.52. The van der Waals surface area contributed by atoms with Gasteiger partial charge in [0.1, 0.15) is 0 Å². The molecule has 4 heteroatoms. The molecular formula is C15H29N3O. The first-order chi connectivity index (χ1) is 9.03. The molecule has 0 aromatic carbocycles. The normalized spacial score (nSPS) is 31.3. The van der Waals surface area contributed by atoms with Crippen LogP contribution in [-0.4, -0.2) is 49.6 Å². The number of hydrogen-bond acceptors (Lipinski definition) is 3. The smallest absolute Gasteiger partial charge is 0.237 e. The summed E-state index contributed by atoms with van der Waals surface area (Å²) in [4.78, 5) is 14.8. The summed E-state index contributed by atoms with van der Waals surface area (Å²) in [7, 11) is 0. The average Bonchev–Trinajstić information content (AvgIpc) is 2.83. The van der Waals surface area contributed by atoms with Crippen molar-refractivity contribution in [3.63, 3.8) is 0 Å². The van der Waals surface area contributed by atoms with E-state index in [0.717, 1.165) is 32.6 Å². The summed E-state index contributed by atoms with van der Waals surface area (Å²) in [5.74, 6) is 0.829. The van der Waals surface area contributed by atoms with Crippen molar-refractivity contribution in [1.29, 1.82) is 0 Å². The maximum absolute atomic E-state index is 12.3. The number of piperidine rings is 1. The SMILES string of the molecule is CCN1CCC(CNC(=O)C2NCCCC2(C)C)C1. The van der Waals surface area contributed by atoms with Crippen molar-refractivity contribution in [3.8, 4) is 0 Å². The molecule has 1 amide bonds. The third-order valence-corrected chi connectivity index (χ3v) is 4.77. The van der Waals surface area contributed by atoms with Gasteiger partial charge in [-0.05, 0) is 50.2 Å². The lowest BCUT2D eigenvalue weighted by atomic mass is 9.77. The van der Waals surface area contributed by atoms with Crippen molar-refractivity contribution in [2.45, 2.75) is 46.1 Å². The molecule has 0 aliphatic carbocycles. The number of carbonyl (C=O) groups is 1. The van der Waals surface area contributed by atoms with Crippen LogP contribution in [0.4, 0.5) is 0 Å². The predicted molar refractivity (Wildman–Crippen MR) is 78.0 cm³/mol. The number of hydrogen-bond donors (Lipinski definition) is 2. The topological polar surface area (TPSA) is 44.4 Å². The molecule has 2 atom stereocenters. The van der Waals surface area contributed by atoms with Crippen LogP contribution >= 0.6 is 0 Å². The van der Waals surface area contributed by atoms with Gasteiger partial charge in [-0.1, -0.05) is 20.8 Å². The summed E-state index contributed by atoms with van der Waals surface area (Å²) in [6.45, 7) is 11.8. The number of nitrogens with one attached hydrogen (secondary N) is 2. The van der Waals surface area contributed by atoms with E-state index in [9.17, 15) is 4.79 Å². The van der Waals surface area contributed by atoms with E-state index in [4.69, 9.17) is 0 Å². The van der Waals surface area contributed by atoms with Crippen molar-refractivity contribution >= 4 is 5.91 Å². The molecular weight excluding hydrogens is 238 g/mol. The van der Waals surface area contributed by atoms with Crippen LogP contribution in [0.25, 0.3) is 0 Å². The maximum atomic E-state index is 12.3. The highest BCUT2D eigenvalue weighted by Crippen LogP contribution is 2.30. The molecule has 110 valence electrons. The zero-order chi connectivity index (χ0) is 13.9. The summed E-state index contributed by atoms with van der Waals surface area (Å²) in [5.41, 5.74) is 0.0768. The number of nitrogens with zero attached hydrogens (tertiary/aromatic N) is 1. The van der Waals surface area contributed by atoms with Crippen LogP contribution < -0.4 is 10.6 Å². The Kier molecular flexibility index (Phi) is 4.85. The third-order valence-electron chi connectivity index (χ3n) is 4.77. The van der Waals surface area contributed by atoms with Crippen LogP contribution in [0.2, 0.25) is 0 Å². The van der Waals surface area contributed by atoms with Crippen LogP contribution in [0.1, 0.15) is 40.0 Å². The van der Waals surface area contributed by atoms with Crippen LogP contribution in [0, 0.1) is 11.3 Å². The maximum Gasteiger partial charge on any atom is 0.237 e. The van der Waals surface area contributed by atoms with Crippen molar-refractivity contribution < 1.29 is 4.79 Å². The minimum absolute atomic E-state index is 0.0232. The highest BCUT2D eigenvalue weighted by molar-refractivity contribution is 5.82. The van der Waals surface area contributed by atoms with Gasteiger partial charge in [-0.2, -0.15) is 0 Å². The quantitative estimate of drug-likeness (QED) is 0.805. The molecule has 2 heterocycles. The second kappa shape index (κ2) is 6.23. The predicted octanol–water partition coefficient (Wildman–Crippen LogP) is 1.22. The molecule has 2 aliphatic rings. The average molecular weight is 267 g/mol. The standard InChI is InChI=1S/C15H29N3O/c1-4-18-9-6-12(11-18)10-17-14(19)13-15(2,3)7-5-8-16-13/h12-13,16H,4-11H2,1-3H3,(H,17,19). The molecule has 4 nitrogen and oxygen atoms in total. The number of carbonyl (C=O) groups excluding carboxylic acids is 1. The lowest BCUT2D eigenvalue weighted by Gasteiger charge is -2.38. The third kappa shape index (κ3) is 3.69. The second-order valence-corrected chi connectivity index (χ2v) is 6.77. The van der Waals surface area contributed by atoms with Crippen LogP contribution in [0.15, 0.2) is 0 Å². The van der Waals surface area contributed by atoms with Crippen LogP contribution in [-0.2, 0) is 4.79 Å². The summed E-state index contributed by atoms with van der Waals surface area (Å²) >= 11 is 0. The monoisotopic (exact) mass is 267 g/mol. The molecule has 2 unspecified atom stereocenters. The fourth-order valence-corrected chi connectivity index (χ4v) is 3.37. The van der Waals surface area contributed by atoms with Gasteiger partial charge in [0.05, 0.1) is 6.04 Å². The fourth-order valence-electron chi connectivity index (χ4n) is 3.37. The van der Waals surface area contributed by atoms with E-state index in [0.29, 0.717) is 5.92 Å². The highest BCUT2D eigenvalue weighted by atomic mass is 16.2. The molecule has 19 heavy (non-hydrogen) atoms. The van der Waals surface area contributed by atoms with E-state index in [1.165, 1.54) is 19.4 Å². The number of rotatable bonds is 4. The lowest BCUT2D eigenvalue weighted by molar-refractivity contribution is -0.126. The first kappa shape index (κ1) is 14.8. The van der Waals surface area contributed by atoms with E-state index >= 15 is 0 Å². The van der Waals surface area contributed by atoms with Gasteiger partial charge in [0.2, 0.25) is 5.91 Å². The van der Waals surface area contributed by atoms with Crippen molar-refractivity contribution in [3.05, 3.63) is 0 Å². The molecule has 0 aromatic rings. The zero-order valence-corrected chi connectivity index (χ0v) is 12.7. The molecule has 2 fully saturated rings. The van der Waals surface area contributed by atoms with E-state index < -0.39 is 0 Å². The molecule has 0 aromatic heterocycles. The van der Waals surface area contributed by atoms with Gasteiger partial charge in [0.25, 0.3) is 0 Å². The first-order valence-corrected chi connectivity index (χ1v) is 7.76. The Labute approximate surface area is 117 Å². The highest BCUT2D eigenvalue weighted by Gasteiger charge is 2.37. The van der Waals surface area contributed by atoms with Crippen molar-refractivity contribution in [1.82, 2.24) is 15.5 Å². The Hall–Kier alpha value is -0.610. The Balaban J connectivity index is 1.78. The van der Waals surface area contributed by atoms with E-state index in [1.54, 1.807) is 0 Å². The van der Waals surface area contributed by atoms with Gasteiger partial charge in [-0.15, -0.1) is 0 Å². The molecule has 2 saturated heterocycles. The van der Waals surface area contributed by atoms with Gasteiger partial charge in [-0.3, -0.25) is 4.79 Å². The van der Waals surface area contributed by atoms with Gasteiger partial charge in [0.15, 0.2) is 0 Å². The second-order valence-electron chi connectivity index (χ2n) is 6.77. The molecule has 2 aliphatic heterocycles. The van der Waals surface area contributed by atoms with E-state index in [1.807, 2.05) is 0 Å². The van der Waals surface area contributed by atoms with E-state index in [2.05, 4.69) is 36.3 Å². The van der Waals surface area contributed by atoms with Crippen molar-refractivity contribution in [2.75, 3.05) is 32.7 Å². The Morgan fingerprint density at radius 3 is 2.89 bits per heavy atom. The molecule has 0 saturated carbocycles. The minimum atomic E-state index is -0.0232. The summed E-state index contributed by atoms with van der Waals surface area (Å²) in [5, 5.41) is 6.55. The molecule has 0 bridgehead atoms. The van der Waals surface area contributed by atoms with Crippen molar-refractivity contribution in [2.24, 2.45) is 11.3 Å². The van der Waals surface area contributed by atoms with Gasteiger partial charge in [0, 0.05) is 13.1 Å².